The lowest BCUT2D eigenvalue weighted by molar-refractivity contribution is -0.150. The van der Waals surface area contributed by atoms with Gasteiger partial charge in [-0.25, -0.2) is 0 Å². The van der Waals surface area contributed by atoms with Gasteiger partial charge in [0.2, 0.25) is 0 Å². The first-order valence-corrected chi connectivity index (χ1v) is 17.9. The number of aliphatic carboxylic acids is 1. The zero-order chi connectivity index (χ0) is 28.0. The number of unbranched alkanes of at least 4 members (excludes halogenated alkanes) is 25. The van der Waals surface area contributed by atoms with Crippen LogP contribution >= 0.6 is 0 Å². The number of hydrogen-bond donors (Lipinski definition) is 1. The average Bonchev–Trinajstić information content (AvgIpc) is 2.91. The van der Waals surface area contributed by atoms with E-state index in [0.29, 0.717) is 0 Å². The fourth-order valence-electron chi connectivity index (χ4n) is 6.19. The van der Waals surface area contributed by atoms with Crippen LogP contribution in [-0.2, 0) is 4.79 Å². The molecule has 1 atom stereocenters. The molecule has 0 fully saturated rings. The van der Waals surface area contributed by atoms with Crippen LogP contribution in [0.5, 0.6) is 0 Å². The van der Waals surface area contributed by atoms with Gasteiger partial charge in [-0.2, -0.15) is 0 Å². The van der Waals surface area contributed by atoms with E-state index in [1.165, 1.54) is 161 Å². The minimum atomic E-state index is -0.495. The van der Waals surface area contributed by atoms with Crippen molar-refractivity contribution in [1.82, 2.24) is 0 Å². The summed E-state index contributed by atoms with van der Waals surface area (Å²) in [6, 6.07) is 0. The van der Waals surface area contributed by atoms with Crippen LogP contribution in [-0.4, -0.2) is 11.1 Å². The molecule has 0 aromatic heterocycles. The number of hydrogen-bond acceptors (Lipinski definition) is 1. The summed E-state index contributed by atoms with van der Waals surface area (Å²) in [5.74, 6) is -0.495. The lowest BCUT2D eigenvalue weighted by Gasteiger charge is -2.30. The van der Waals surface area contributed by atoms with E-state index in [1.54, 1.807) is 0 Å². The topological polar surface area (TPSA) is 37.3 Å². The fourth-order valence-corrected chi connectivity index (χ4v) is 6.19. The highest BCUT2D eigenvalue weighted by atomic mass is 16.4. The Balaban J connectivity index is 4.30. The summed E-state index contributed by atoms with van der Waals surface area (Å²) in [7, 11) is 0. The van der Waals surface area contributed by atoms with Gasteiger partial charge in [0.1, 0.15) is 0 Å². The van der Waals surface area contributed by atoms with E-state index in [1.807, 2.05) is 0 Å². The van der Waals surface area contributed by atoms with E-state index in [9.17, 15) is 9.90 Å². The molecule has 0 bridgehead atoms. The summed E-state index contributed by atoms with van der Waals surface area (Å²) in [5.41, 5.74) is -0.455. The van der Waals surface area contributed by atoms with Crippen LogP contribution in [0.2, 0.25) is 0 Å². The SMILES string of the molecule is CCCCCCCCCCCCCCC(CCCCCCCC)(CCCCCCCCCCCC)C(=O)O. The Morgan fingerprint density at radius 1 is 0.368 bits per heavy atom. The molecular formula is C36H72O2. The van der Waals surface area contributed by atoms with E-state index in [2.05, 4.69) is 20.8 Å². The Hall–Kier alpha value is -0.530. The summed E-state index contributed by atoms with van der Waals surface area (Å²) < 4.78 is 0. The molecule has 0 aliphatic rings. The van der Waals surface area contributed by atoms with Crippen LogP contribution in [0.4, 0.5) is 0 Å². The molecule has 0 aliphatic carbocycles. The molecule has 0 aromatic rings. The molecule has 1 N–H and O–H groups in total. The Morgan fingerprint density at radius 2 is 0.553 bits per heavy atom. The van der Waals surface area contributed by atoms with E-state index in [-0.39, 0.29) is 0 Å². The number of carboxylic acids is 1. The quantitative estimate of drug-likeness (QED) is 0.0868. The molecular weight excluding hydrogens is 464 g/mol. The van der Waals surface area contributed by atoms with Gasteiger partial charge in [0, 0.05) is 0 Å². The van der Waals surface area contributed by atoms with Crippen LogP contribution in [0, 0.1) is 5.41 Å². The largest absolute Gasteiger partial charge is 0.481 e. The second-order valence-electron chi connectivity index (χ2n) is 12.7. The van der Waals surface area contributed by atoms with Crippen molar-refractivity contribution in [2.45, 2.75) is 220 Å². The van der Waals surface area contributed by atoms with Crippen LogP contribution < -0.4 is 0 Å². The Labute approximate surface area is 240 Å². The maximum atomic E-state index is 12.6. The zero-order valence-corrected chi connectivity index (χ0v) is 26.8. The Morgan fingerprint density at radius 3 is 0.737 bits per heavy atom. The average molecular weight is 537 g/mol. The first-order valence-electron chi connectivity index (χ1n) is 17.9. The predicted octanol–water partition coefficient (Wildman–Crippen LogP) is 13.2. The number of carbonyl (C=O) groups is 1. The minimum absolute atomic E-state index is 0.455. The van der Waals surface area contributed by atoms with Gasteiger partial charge in [0.15, 0.2) is 0 Å². The lowest BCUT2D eigenvalue weighted by Crippen LogP contribution is -2.31. The molecule has 0 aromatic carbocycles. The van der Waals surface area contributed by atoms with Gasteiger partial charge in [0.05, 0.1) is 5.41 Å². The Bertz CT molecular complexity index is 474. The van der Waals surface area contributed by atoms with Gasteiger partial charge in [-0.15, -0.1) is 0 Å². The van der Waals surface area contributed by atoms with Gasteiger partial charge >= 0.3 is 5.97 Å². The highest BCUT2D eigenvalue weighted by molar-refractivity contribution is 5.74. The summed E-state index contributed by atoms with van der Waals surface area (Å²) in [5, 5.41) is 10.4. The smallest absolute Gasteiger partial charge is 0.309 e. The van der Waals surface area contributed by atoms with Crippen molar-refractivity contribution < 1.29 is 9.90 Å². The van der Waals surface area contributed by atoms with E-state index in [0.717, 1.165) is 38.5 Å². The van der Waals surface area contributed by atoms with Crippen molar-refractivity contribution in [2.75, 3.05) is 0 Å². The van der Waals surface area contributed by atoms with Crippen molar-refractivity contribution in [3.8, 4) is 0 Å². The van der Waals surface area contributed by atoms with Crippen molar-refractivity contribution >= 4 is 5.97 Å². The molecule has 0 saturated heterocycles. The third-order valence-corrected chi connectivity index (χ3v) is 8.98. The van der Waals surface area contributed by atoms with Gasteiger partial charge in [-0.1, -0.05) is 201 Å². The summed E-state index contributed by atoms with van der Waals surface area (Å²) in [4.78, 5) is 12.6. The van der Waals surface area contributed by atoms with Crippen LogP contribution in [0.25, 0.3) is 0 Å². The second-order valence-corrected chi connectivity index (χ2v) is 12.7. The highest BCUT2D eigenvalue weighted by Gasteiger charge is 2.36. The molecule has 2 heteroatoms. The summed E-state index contributed by atoms with van der Waals surface area (Å²) >= 11 is 0. The monoisotopic (exact) mass is 537 g/mol. The molecule has 0 aliphatic heterocycles. The zero-order valence-electron chi connectivity index (χ0n) is 26.8. The van der Waals surface area contributed by atoms with Gasteiger partial charge in [-0.05, 0) is 19.3 Å². The van der Waals surface area contributed by atoms with E-state index < -0.39 is 11.4 Å². The molecule has 0 spiro atoms. The molecule has 38 heavy (non-hydrogen) atoms. The lowest BCUT2D eigenvalue weighted by atomic mass is 9.74. The Kier molecular flexibility index (Phi) is 29.0. The number of rotatable bonds is 32. The maximum absolute atomic E-state index is 12.6. The van der Waals surface area contributed by atoms with Crippen LogP contribution in [0.1, 0.15) is 220 Å². The van der Waals surface area contributed by atoms with Gasteiger partial charge < -0.3 is 5.11 Å². The first kappa shape index (κ1) is 37.5. The predicted molar refractivity (Wildman–Crippen MR) is 170 cm³/mol. The molecule has 228 valence electrons. The fraction of sp³-hybridized carbons (Fsp3) is 0.972. The summed E-state index contributed by atoms with van der Waals surface area (Å²) in [6.07, 6.45) is 39.5. The molecule has 0 radical (unpaired) electrons. The van der Waals surface area contributed by atoms with Crippen molar-refractivity contribution in [3.05, 3.63) is 0 Å². The standard InChI is InChI=1S/C36H72O2/c1-4-7-10-13-16-18-20-21-23-25-28-31-34-36(35(37)38,32-29-26-15-12-9-6-3)33-30-27-24-22-19-17-14-11-8-5-2/h4-34H2,1-3H3,(H,37,38). The minimum Gasteiger partial charge on any atom is -0.481 e. The van der Waals surface area contributed by atoms with E-state index >= 15 is 0 Å². The van der Waals surface area contributed by atoms with Crippen LogP contribution in [0.15, 0.2) is 0 Å². The van der Waals surface area contributed by atoms with Gasteiger partial charge in [-0.3, -0.25) is 4.79 Å². The molecule has 1 unspecified atom stereocenters. The van der Waals surface area contributed by atoms with Crippen molar-refractivity contribution in [3.63, 3.8) is 0 Å². The maximum Gasteiger partial charge on any atom is 0.309 e. The van der Waals surface area contributed by atoms with Crippen LogP contribution in [0.3, 0.4) is 0 Å². The third-order valence-electron chi connectivity index (χ3n) is 8.98. The second kappa shape index (κ2) is 29.5. The van der Waals surface area contributed by atoms with Gasteiger partial charge in [0.25, 0.3) is 0 Å². The molecule has 0 rings (SSSR count). The third kappa shape index (κ3) is 23.4. The normalized spacial score (nSPS) is 13.1. The molecule has 0 heterocycles. The molecule has 0 saturated carbocycles. The molecule has 0 amide bonds. The highest BCUT2D eigenvalue weighted by Crippen LogP contribution is 2.38. The number of carboxylic acid groups (broad SMARTS) is 1. The first-order chi connectivity index (χ1) is 18.6. The van der Waals surface area contributed by atoms with Crippen molar-refractivity contribution in [2.24, 2.45) is 5.41 Å². The summed E-state index contributed by atoms with van der Waals surface area (Å²) in [6.45, 7) is 6.82. The van der Waals surface area contributed by atoms with Crippen molar-refractivity contribution in [1.29, 1.82) is 0 Å². The molecule has 2 nitrogen and oxygen atoms in total. The van der Waals surface area contributed by atoms with E-state index in [4.69, 9.17) is 0 Å².